The number of imide groups is 1. The number of thioether (sulfide) groups is 1. The van der Waals surface area contributed by atoms with Crippen molar-refractivity contribution in [3.8, 4) is 5.69 Å². The molecule has 24 heavy (non-hydrogen) atoms. The Kier molecular flexibility index (Phi) is 4.02. The van der Waals surface area contributed by atoms with Crippen LogP contribution in [0.25, 0.3) is 11.8 Å². The number of carbonyl (C=O) groups excluding carboxylic acids is 2. The van der Waals surface area contributed by atoms with Gasteiger partial charge in [-0.15, -0.1) is 0 Å². The number of benzene rings is 1. The lowest BCUT2D eigenvalue weighted by Gasteiger charge is -2.10. The van der Waals surface area contributed by atoms with Gasteiger partial charge in [-0.1, -0.05) is 0 Å². The lowest BCUT2D eigenvalue weighted by atomic mass is 10.2. The molecule has 1 aromatic heterocycles. The van der Waals surface area contributed by atoms with Crippen LogP contribution in [0.15, 0.2) is 35.2 Å². The number of hydrogen-bond acceptors (Lipinski definition) is 4. The number of aromatic carboxylic acids is 1. The van der Waals surface area contributed by atoms with Gasteiger partial charge in [0.25, 0.3) is 11.1 Å². The van der Waals surface area contributed by atoms with E-state index in [-0.39, 0.29) is 16.7 Å². The standard InChI is InChI=1S/C17H14N2O4S/c1-9-7-12(8-14-15(20)18-17(23)24-14)10(2)19(9)13-5-3-11(4-6-13)16(21)22/h3-8H,1-2H3,(H,21,22)(H,18,20,23)/b14-8-. The van der Waals surface area contributed by atoms with Gasteiger partial charge in [-0.05, 0) is 67.6 Å². The van der Waals surface area contributed by atoms with Gasteiger partial charge in [0.05, 0.1) is 10.5 Å². The predicted octanol–water partition coefficient (Wildman–Crippen LogP) is 3.12. The molecule has 0 radical (unpaired) electrons. The van der Waals surface area contributed by atoms with Crippen molar-refractivity contribution in [2.75, 3.05) is 0 Å². The monoisotopic (exact) mass is 342 g/mol. The zero-order valence-corrected chi connectivity index (χ0v) is 13.8. The third-order valence-corrected chi connectivity index (χ3v) is 4.58. The number of nitrogens with zero attached hydrogens (tertiary/aromatic N) is 1. The second-order valence-electron chi connectivity index (χ2n) is 5.37. The summed E-state index contributed by atoms with van der Waals surface area (Å²) in [5.41, 5.74) is 3.73. The average Bonchev–Trinajstić information content (AvgIpc) is 2.98. The van der Waals surface area contributed by atoms with Gasteiger partial charge in [0, 0.05) is 17.1 Å². The average molecular weight is 342 g/mol. The van der Waals surface area contributed by atoms with Crippen LogP contribution in [0, 0.1) is 13.8 Å². The van der Waals surface area contributed by atoms with Crippen molar-refractivity contribution in [3.05, 3.63) is 57.8 Å². The van der Waals surface area contributed by atoms with Gasteiger partial charge >= 0.3 is 5.97 Å². The van der Waals surface area contributed by atoms with Gasteiger partial charge in [-0.3, -0.25) is 14.9 Å². The first-order valence-corrected chi connectivity index (χ1v) is 7.96. The molecule has 0 atom stereocenters. The summed E-state index contributed by atoms with van der Waals surface area (Å²) < 4.78 is 1.97. The van der Waals surface area contributed by atoms with Gasteiger partial charge in [0.15, 0.2) is 0 Å². The minimum atomic E-state index is -0.970. The maximum Gasteiger partial charge on any atom is 0.335 e. The van der Waals surface area contributed by atoms with Crippen LogP contribution in [0.1, 0.15) is 27.3 Å². The van der Waals surface area contributed by atoms with E-state index in [1.54, 1.807) is 30.3 Å². The summed E-state index contributed by atoms with van der Waals surface area (Å²) in [5, 5.41) is 10.8. The topological polar surface area (TPSA) is 88.4 Å². The summed E-state index contributed by atoms with van der Waals surface area (Å²) in [7, 11) is 0. The number of rotatable bonds is 3. The highest BCUT2D eigenvalue weighted by Gasteiger charge is 2.25. The van der Waals surface area contributed by atoms with Gasteiger partial charge < -0.3 is 9.67 Å². The molecule has 1 aliphatic heterocycles. The maximum absolute atomic E-state index is 11.7. The lowest BCUT2D eigenvalue weighted by Crippen LogP contribution is -2.17. The van der Waals surface area contributed by atoms with Gasteiger partial charge in [-0.25, -0.2) is 4.79 Å². The van der Waals surface area contributed by atoms with Crippen molar-refractivity contribution in [3.63, 3.8) is 0 Å². The smallest absolute Gasteiger partial charge is 0.335 e. The van der Waals surface area contributed by atoms with Crippen molar-refractivity contribution in [1.29, 1.82) is 0 Å². The fourth-order valence-corrected chi connectivity index (χ4v) is 3.32. The van der Waals surface area contributed by atoms with E-state index in [4.69, 9.17) is 5.11 Å². The third-order valence-electron chi connectivity index (χ3n) is 3.77. The van der Waals surface area contributed by atoms with E-state index in [0.717, 1.165) is 34.4 Å². The number of carboxylic acids is 1. The third kappa shape index (κ3) is 2.85. The molecule has 2 aromatic rings. The van der Waals surface area contributed by atoms with E-state index in [1.165, 1.54) is 0 Å². The molecule has 2 heterocycles. The zero-order valence-electron chi connectivity index (χ0n) is 13.0. The molecular formula is C17H14N2O4S. The van der Waals surface area contributed by atoms with Crippen LogP contribution in [0.5, 0.6) is 0 Å². The summed E-state index contributed by atoms with van der Waals surface area (Å²) in [6.45, 7) is 3.83. The van der Waals surface area contributed by atoms with Crippen molar-refractivity contribution < 1.29 is 19.5 Å². The number of nitrogens with one attached hydrogen (secondary N) is 1. The van der Waals surface area contributed by atoms with Gasteiger partial charge in [-0.2, -0.15) is 0 Å². The summed E-state index contributed by atoms with van der Waals surface area (Å²) in [6, 6.07) is 8.49. The highest BCUT2D eigenvalue weighted by molar-refractivity contribution is 8.18. The minimum Gasteiger partial charge on any atom is -0.478 e. The Labute approximate surface area is 142 Å². The molecule has 122 valence electrons. The number of carbonyl (C=O) groups is 3. The predicted molar refractivity (Wildman–Crippen MR) is 91.3 cm³/mol. The first-order valence-electron chi connectivity index (χ1n) is 7.14. The van der Waals surface area contributed by atoms with Crippen LogP contribution in [-0.2, 0) is 4.79 Å². The summed E-state index contributed by atoms with van der Waals surface area (Å²) >= 11 is 0.880. The largest absolute Gasteiger partial charge is 0.478 e. The molecule has 0 bridgehead atoms. The molecule has 0 saturated carbocycles. The Balaban J connectivity index is 2.01. The fraction of sp³-hybridized carbons (Fsp3) is 0.118. The Morgan fingerprint density at radius 1 is 1.21 bits per heavy atom. The SMILES string of the molecule is Cc1cc(/C=C2\SC(=O)NC2=O)c(C)n1-c1ccc(C(=O)O)cc1. The Morgan fingerprint density at radius 2 is 1.88 bits per heavy atom. The van der Waals surface area contributed by atoms with E-state index in [1.807, 2.05) is 24.5 Å². The van der Waals surface area contributed by atoms with Crippen LogP contribution in [0.2, 0.25) is 0 Å². The van der Waals surface area contributed by atoms with Gasteiger partial charge in [0.1, 0.15) is 0 Å². The number of aromatic nitrogens is 1. The molecule has 1 saturated heterocycles. The minimum absolute atomic E-state index is 0.223. The van der Waals surface area contributed by atoms with Crippen LogP contribution in [-0.4, -0.2) is 26.8 Å². The normalized spacial score (nSPS) is 15.8. The molecule has 0 unspecified atom stereocenters. The molecule has 1 aliphatic rings. The lowest BCUT2D eigenvalue weighted by molar-refractivity contribution is -0.115. The number of aryl methyl sites for hydroxylation is 1. The van der Waals surface area contributed by atoms with Crippen molar-refractivity contribution in [2.45, 2.75) is 13.8 Å². The van der Waals surface area contributed by atoms with Crippen LogP contribution >= 0.6 is 11.8 Å². The van der Waals surface area contributed by atoms with Crippen molar-refractivity contribution in [2.24, 2.45) is 0 Å². The molecule has 6 nitrogen and oxygen atoms in total. The van der Waals surface area contributed by atoms with Crippen LogP contribution in [0.4, 0.5) is 4.79 Å². The van der Waals surface area contributed by atoms with Gasteiger partial charge in [0.2, 0.25) is 0 Å². The summed E-state index contributed by atoms with van der Waals surface area (Å²) in [4.78, 5) is 34.3. The Hall–Kier alpha value is -2.80. The molecule has 7 heteroatoms. The Bertz CT molecular complexity index is 894. The molecule has 1 fully saturated rings. The number of hydrogen-bond donors (Lipinski definition) is 2. The fourth-order valence-electron chi connectivity index (χ4n) is 2.65. The molecule has 1 aromatic carbocycles. The summed E-state index contributed by atoms with van der Waals surface area (Å²) in [5.74, 6) is -1.36. The quantitative estimate of drug-likeness (QED) is 0.837. The first kappa shape index (κ1) is 16.1. The first-order chi connectivity index (χ1) is 11.4. The van der Waals surface area contributed by atoms with E-state index in [9.17, 15) is 14.4 Å². The molecule has 0 aliphatic carbocycles. The van der Waals surface area contributed by atoms with Crippen LogP contribution in [0.3, 0.4) is 0 Å². The second kappa shape index (κ2) is 6.01. The van der Waals surface area contributed by atoms with E-state index in [0.29, 0.717) is 4.91 Å². The molecule has 3 rings (SSSR count). The second-order valence-corrected chi connectivity index (χ2v) is 6.38. The Morgan fingerprint density at radius 3 is 2.42 bits per heavy atom. The van der Waals surface area contributed by atoms with E-state index in [2.05, 4.69) is 5.32 Å². The number of amides is 2. The van der Waals surface area contributed by atoms with Crippen LogP contribution < -0.4 is 5.32 Å². The zero-order chi connectivity index (χ0) is 17.4. The van der Waals surface area contributed by atoms with Crippen molar-refractivity contribution in [1.82, 2.24) is 9.88 Å². The molecular weight excluding hydrogens is 328 g/mol. The number of carboxylic acid groups (broad SMARTS) is 1. The highest BCUT2D eigenvalue weighted by atomic mass is 32.2. The maximum atomic E-state index is 11.7. The molecule has 2 amide bonds. The van der Waals surface area contributed by atoms with Crippen molar-refractivity contribution >= 4 is 35.0 Å². The van der Waals surface area contributed by atoms with E-state index >= 15 is 0 Å². The highest BCUT2D eigenvalue weighted by Crippen LogP contribution is 2.29. The summed E-state index contributed by atoms with van der Waals surface area (Å²) in [6.07, 6.45) is 1.69. The molecule has 2 N–H and O–H groups in total. The van der Waals surface area contributed by atoms with E-state index < -0.39 is 5.97 Å². The molecule has 0 spiro atoms.